The van der Waals surface area contributed by atoms with Crippen LogP contribution in [0.4, 0.5) is 0 Å². The van der Waals surface area contributed by atoms with E-state index in [1.165, 1.54) is 6.07 Å². The summed E-state index contributed by atoms with van der Waals surface area (Å²) in [7, 11) is 0. The first-order valence-electron chi connectivity index (χ1n) is 5.98. The van der Waals surface area contributed by atoms with Crippen LogP contribution in [-0.4, -0.2) is 11.8 Å². The normalized spacial score (nSPS) is 11.9. The van der Waals surface area contributed by atoms with Gasteiger partial charge in [0.15, 0.2) is 0 Å². The lowest BCUT2D eigenvalue weighted by molar-refractivity contribution is 0.0940. The number of hydrogen-bond donors (Lipinski definition) is 1. The molecule has 5 heteroatoms. The summed E-state index contributed by atoms with van der Waals surface area (Å²) in [4.78, 5) is 12.2. The van der Waals surface area contributed by atoms with E-state index in [-0.39, 0.29) is 17.8 Å². The second-order valence-corrected chi connectivity index (χ2v) is 5.37. The fourth-order valence-electron chi connectivity index (χ4n) is 1.80. The molecule has 0 saturated carbocycles. The third-order valence-electron chi connectivity index (χ3n) is 2.83. The molecule has 0 aromatic heterocycles. The summed E-state index contributed by atoms with van der Waals surface area (Å²) in [6, 6.07) is 14.0. The highest BCUT2D eigenvalue weighted by Gasteiger charge is 2.17. The second kappa shape index (κ2) is 6.98. The standard InChI is InChI=1S/C15H12Cl3NO/c16-9-14(10-4-2-1-3-5-10)19-15(20)12-8-11(17)6-7-13(12)18/h1-8,14H,9H2,(H,19,20). The lowest BCUT2D eigenvalue weighted by Crippen LogP contribution is -2.29. The van der Waals surface area contributed by atoms with E-state index in [2.05, 4.69) is 5.32 Å². The minimum absolute atomic E-state index is 0.272. The zero-order valence-corrected chi connectivity index (χ0v) is 12.7. The SMILES string of the molecule is O=C(NC(CCl)c1ccccc1)c1cc(Cl)ccc1Cl. The topological polar surface area (TPSA) is 29.1 Å². The van der Waals surface area contributed by atoms with Gasteiger partial charge in [-0.25, -0.2) is 0 Å². The largest absolute Gasteiger partial charge is 0.344 e. The van der Waals surface area contributed by atoms with E-state index in [1.807, 2.05) is 30.3 Å². The van der Waals surface area contributed by atoms with Gasteiger partial charge in [0.25, 0.3) is 5.91 Å². The van der Waals surface area contributed by atoms with Crippen molar-refractivity contribution in [3.8, 4) is 0 Å². The molecule has 0 aliphatic heterocycles. The number of rotatable bonds is 4. The Kier molecular flexibility index (Phi) is 5.30. The molecule has 0 fully saturated rings. The molecule has 2 rings (SSSR count). The lowest BCUT2D eigenvalue weighted by Gasteiger charge is -2.17. The van der Waals surface area contributed by atoms with Crippen LogP contribution in [0, 0.1) is 0 Å². The molecule has 0 aliphatic carbocycles. The van der Waals surface area contributed by atoms with E-state index in [9.17, 15) is 4.79 Å². The van der Waals surface area contributed by atoms with Crippen molar-refractivity contribution in [2.45, 2.75) is 6.04 Å². The zero-order valence-electron chi connectivity index (χ0n) is 10.4. The van der Waals surface area contributed by atoms with Gasteiger partial charge in [-0.15, -0.1) is 11.6 Å². The first kappa shape index (κ1) is 15.2. The fourth-order valence-corrected chi connectivity index (χ4v) is 2.43. The number of amides is 1. The molecule has 0 spiro atoms. The first-order valence-corrected chi connectivity index (χ1v) is 7.27. The summed E-state index contributed by atoms with van der Waals surface area (Å²) in [5.74, 6) is -0.0273. The Balaban J connectivity index is 2.20. The molecule has 0 radical (unpaired) electrons. The Morgan fingerprint density at radius 2 is 1.80 bits per heavy atom. The molecule has 0 saturated heterocycles. The number of hydrogen-bond acceptors (Lipinski definition) is 1. The molecule has 2 aromatic rings. The van der Waals surface area contributed by atoms with E-state index in [0.29, 0.717) is 15.6 Å². The maximum Gasteiger partial charge on any atom is 0.253 e. The van der Waals surface area contributed by atoms with Gasteiger partial charge in [0, 0.05) is 10.9 Å². The number of carbonyl (C=O) groups excluding carboxylic acids is 1. The molecule has 1 amide bonds. The fraction of sp³-hybridized carbons (Fsp3) is 0.133. The van der Waals surface area contributed by atoms with Gasteiger partial charge in [0.2, 0.25) is 0 Å². The molecule has 20 heavy (non-hydrogen) atoms. The third kappa shape index (κ3) is 3.66. The van der Waals surface area contributed by atoms with Gasteiger partial charge in [-0.1, -0.05) is 53.5 Å². The van der Waals surface area contributed by atoms with Crippen molar-refractivity contribution in [1.29, 1.82) is 0 Å². The molecule has 1 atom stereocenters. The molecular weight excluding hydrogens is 317 g/mol. The van der Waals surface area contributed by atoms with Crippen LogP contribution < -0.4 is 5.32 Å². The Bertz CT molecular complexity index is 601. The third-order valence-corrected chi connectivity index (χ3v) is 3.71. The van der Waals surface area contributed by atoms with E-state index in [4.69, 9.17) is 34.8 Å². The second-order valence-electron chi connectivity index (χ2n) is 4.22. The first-order chi connectivity index (χ1) is 9.61. The summed E-state index contributed by atoms with van der Waals surface area (Å²) < 4.78 is 0. The van der Waals surface area contributed by atoms with Crippen LogP contribution in [0.15, 0.2) is 48.5 Å². The minimum atomic E-state index is -0.299. The molecule has 2 aromatic carbocycles. The average molecular weight is 329 g/mol. The molecule has 104 valence electrons. The highest BCUT2D eigenvalue weighted by atomic mass is 35.5. The number of benzene rings is 2. The highest BCUT2D eigenvalue weighted by Crippen LogP contribution is 2.22. The summed E-state index contributed by atoms with van der Waals surface area (Å²) in [5.41, 5.74) is 1.28. The van der Waals surface area contributed by atoms with Crippen molar-refractivity contribution in [2.24, 2.45) is 0 Å². The lowest BCUT2D eigenvalue weighted by atomic mass is 10.1. The number of nitrogens with one attached hydrogen (secondary N) is 1. The summed E-state index contributed by atoms with van der Waals surface area (Å²) in [6.07, 6.45) is 0. The van der Waals surface area contributed by atoms with Gasteiger partial charge < -0.3 is 5.32 Å². The summed E-state index contributed by atoms with van der Waals surface area (Å²) in [5, 5.41) is 3.67. The van der Waals surface area contributed by atoms with Crippen molar-refractivity contribution >= 4 is 40.7 Å². The Morgan fingerprint density at radius 3 is 2.45 bits per heavy atom. The van der Waals surface area contributed by atoms with Crippen molar-refractivity contribution in [3.05, 3.63) is 69.7 Å². The van der Waals surface area contributed by atoms with Gasteiger partial charge in [-0.3, -0.25) is 4.79 Å². The van der Waals surface area contributed by atoms with E-state index in [0.717, 1.165) is 5.56 Å². The molecule has 0 aliphatic rings. The Labute approximate surface area is 132 Å². The quantitative estimate of drug-likeness (QED) is 0.810. The molecule has 1 unspecified atom stereocenters. The maximum atomic E-state index is 12.2. The van der Waals surface area contributed by atoms with Gasteiger partial charge in [-0.05, 0) is 23.8 Å². The molecule has 0 heterocycles. The van der Waals surface area contributed by atoms with E-state index < -0.39 is 0 Å². The van der Waals surface area contributed by atoms with Gasteiger partial charge in [0.05, 0.1) is 16.6 Å². The predicted molar refractivity (Wildman–Crippen MR) is 83.8 cm³/mol. The summed E-state index contributed by atoms with van der Waals surface area (Å²) >= 11 is 17.8. The van der Waals surface area contributed by atoms with Crippen LogP contribution in [0.5, 0.6) is 0 Å². The molecular formula is C15H12Cl3NO. The van der Waals surface area contributed by atoms with E-state index in [1.54, 1.807) is 12.1 Å². The number of halogens is 3. The summed E-state index contributed by atoms with van der Waals surface area (Å²) in [6.45, 7) is 0. The molecule has 0 bridgehead atoms. The van der Waals surface area contributed by atoms with Crippen LogP contribution >= 0.6 is 34.8 Å². The van der Waals surface area contributed by atoms with Gasteiger partial charge in [0.1, 0.15) is 0 Å². The highest BCUT2D eigenvalue weighted by molar-refractivity contribution is 6.35. The number of alkyl halides is 1. The van der Waals surface area contributed by atoms with Gasteiger partial charge in [-0.2, -0.15) is 0 Å². The zero-order chi connectivity index (χ0) is 14.5. The smallest absolute Gasteiger partial charge is 0.253 e. The predicted octanol–water partition coefficient (Wildman–Crippen LogP) is 4.70. The Morgan fingerprint density at radius 1 is 1.10 bits per heavy atom. The average Bonchev–Trinajstić information content (AvgIpc) is 2.48. The Hall–Kier alpha value is -1.22. The minimum Gasteiger partial charge on any atom is -0.344 e. The number of carbonyl (C=O) groups is 1. The van der Waals surface area contributed by atoms with Gasteiger partial charge >= 0.3 is 0 Å². The van der Waals surface area contributed by atoms with Crippen LogP contribution in [0.1, 0.15) is 22.0 Å². The van der Waals surface area contributed by atoms with Crippen molar-refractivity contribution in [1.82, 2.24) is 5.32 Å². The van der Waals surface area contributed by atoms with Crippen molar-refractivity contribution < 1.29 is 4.79 Å². The van der Waals surface area contributed by atoms with Crippen molar-refractivity contribution in [2.75, 3.05) is 5.88 Å². The molecule has 1 N–H and O–H groups in total. The maximum absolute atomic E-state index is 12.2. The molecule has 2 nitrogen and oxygen atoms in total. The van der Waals surface area contributed by atoms with Crippen LogP contribution in [0.25, 0.3) is 0 Å². The van der Waals surface area contributed by atoms with Crippen molar-refractivity contribution in [3.63, 3.8) is 0 Å². The van der Waals surface area contributed by atoms with Crippen LogP contribution in [-0.2, 0) is 0 Å². The van der Waals surface area contributed by atoms with E-state index >= 15 is 0 Å². The van der Waals surface area contributed by atoms with Crippen LogP contribution in [0.3, 0.4) is 0 Å². The monoisotopic (exact) mass is 327 g/mol. The van der Waals surface area contributed by atoms with Crippen LogP contribution in [0.2, 0.25) is 10.0 Å².